The van der Waals surface area contributed by atoms with E-state index in [9.17, 15) is 14.7 Å². The van der Waals surface area contributed by atoms with Gasteiger partial charge in [-0.25, -0.2) is 0 Å². The highest BCUT2D eigenvalue weighted by atomic mass is 79.9. The predicted octanol–water partition coefficient (Wildman–Crippen LogP) is 2.40. The van der Waals surface area contributed by atoms with Gasteiger partial charge in [0.05, 0.1) is 5.41 Å². The lowest BCUT2D eigenvalue weighted by Gasteiger charge is -2.27. The van der Waals surface area contributed by atoms with Gasteiger partial charge in [0.1, 0.15) is 0 Å². The van der Waals surface area contributed by atoms with E-state index in [2.05, 4.69) is 21.2 Å². The first-order valence-corrected chi connectivity index (χ1v) is 7.23. The number of hydrogen-bond donors (Lipinski definition) is 3. The van der Waals surface area contributed by atoms with Gasteiger partial charge in [0.15, 0.2) is 0 Å². The first-order chi connectivity index (χ1) is 9.34. The molecular formula is C14H17BrN2O3. The summed E-state index contributed by atoms with van der Waals surface area (Å²) < 4.78 is 0.727. The molecule has 1 fully saturated rings. The number of halogens is 1. The van der Waals surface area contributed by atoms with Crippen LogP contribution < -0.4 is 11.1 Å². The molecule has 6 heteroatoms. The lowest BCUT2D eigenvalue weighted by Crippen LogP contribution is -2.47. The minimum atomic E-state index is -0.892. The number of rotatable bonds is 3. The molecule has 1 aromatic carbocycles. The molecule has 1 aromatic rings. The predicted molar refractivity (Wildman–Crippen MR) is 79.4 cm³/mol. The Hall–Kier alpha value is -1.56. The molecule has 1 amide bonds. The molecule has 5 nitrogen and oxygen atoms in total. The monoisotopic (exact) mass is 340 g/mol. The van der Waals surface area contributed by atoms with Crippen molar-refractivity contribution >= 4 is 33.5 Å². The summed E-state index contributed by atoms with van der Waals surface area (Å²) in [6.45, 7) is 1.68. The highest BCUT2D eigenvalue weighted by molar-refractivity contribution is 9.10. The molecule has 0 aliphatic heterocycles. The molecule has 2 atom stereocenters. The third kappa shape index (κ3) is 2.65. The fraction of sp³-hybridized carbons (Fsp3) is 0.429. The van der Waals surface area contributed by atoms with Crippen molar-refractivity contribution in [2.75, 3.05) is 5.73 Å². The third-order valence-electron chi connectivity index (χ3n) is 4.01. The molecule has 2 unspecified atom stereocenters. The van der Waals surface area contributed by atoms with Gasteiger partial charge in [-0.05, 0) is 53.9 Å². The number of hydrogen-bond acceptors (Lipinski definition) is 3. The average molecular weight is 341 g/mol. The Balaban J connectivity index is 2.15. The van der Waals surface area contributed by atoms with Crippen molar-refractivity contribution in [2.45, 2.75) is 32.2 Å². The van der Waals surface area contributed by atoms with Gasteiger partial charge in [0, 0.05) is 21.8 Å². The van der Waals surface area contributed by atoms with Crippen LogP contribution in [0, 0.1) is 5.41 Å². The molecule has 0 radical (unpaired) electrons. The molecule has 1 aliphatic carbocycles. The van der Waals surface area contributed by atoms with Gasteiger partial charge in [-0.3, -0.25) is 9.59 Å². The fourth-order valence-corrected chi connectivity index (χ4v) is 2.83. The second kappa shape index (κ2) is 5.44. The van der Waals surface area contributed by atoms with Crippen LogP contribution in [0.4, 0.5) is 5.69 Å². The van der Waals surface area contributed by atoms with E-state index in [0.29, 0.717) is 24.1 Å². The number of nitrogen functional groups attached to an aromatic ring is 1. The smallest absolute Gasteiger partial charge is 0.311 e. The lowest BCUT2D eigenvalue weighted by atomic mass is 9.85. The summed E-state index contributed by atoms with van der Waals surface area (Å²) >= 11 is 3.27. The molecule has 1 aliphatic rings. The zero-order valence-electron chi connectivity index (χ0n) is 11.1. The maximum absolute atomic E-state index is 12.2. The second-order valence-corrected chi connectivity index (χ2v) is 6.23. The van der Waals surface area contributed by atoms with Crippen LogP contribution >= 0.6 is 15.9 Å². The van der Waals surface area contributed by atoms with Crippen molar-refractivity contribution in [3.8, 4) is 0 Å². The molecule has 108 valence electrons. The van der Waals surface area contributed by atoms with E-state index in [-0.39, 0.29) is 11.9 Å². The maximum Gasteiger partial charge on any atom is 0.311 e. The Morgan fingerprint density at radius 2 is 2.20 bits per heavy atom. The van der Waals surface area contributed by atoms with Gasteiger partial charge in [-0.1, -0.05) is 6.42 Å². The molecule has 0 heterocycles. The first kappa shape index (κ1) is 14.8. The minimum absolute atomic E-state index is 0.288. The largest absolute Gasteiger partial charge is 0.481 e. The number of aliphatic carboxylic acids is 1. The lowest BCUT2D eigenvalue weighted by molar-refractivity contribution is -0.148. The van der Waals surface area contributed by atoms with E-state index in [0.717, 1.165) is 10.9 Å². The Labute approximate surface area is 125 Å². The van der Waals surface area contributed by atoms with E-state index in [1.807, 2.05) is 0 Å². The number of nitrogens with two attached hydrogens (primary N) is 1. The maximum atomic E-state index is 12.2. The van der Waals surface area contributed by atoms with Crippen LogP contribution in [0.15, 0.2) is 22.7 Å². The summed E-state index contributed by atoms with van der Waals surface area (Å²) in [4.78, 5) is 23.6. The molecule has 0 bridgehead atoms. The number of anilines is 1. The summed E-state index contributed by atoms with van der Waals surface area (Å²) in [7, 11) is 0. The molecule has 2 rings (SSSR count). The molecule has 20 heavy (non-hydrogen) atoms. The number of carboxylic acids is 1. The number of carboxylic acid groups (broad SMARTS) is 1. The van der Waals surface area contributed by atoms with E-state index in [4.69, 9.17) is 5.73 Å². The molecule has 1 saturated carbocycles. The third-order valence-corrected chi connectivity index (χ3v) is 4.73. The van der Waals surface area contributed by atoms with Crippen molar-refractivity contribution in [1.29, 1.82) is 0 Å². The summed E-state index contributed by atoms with van der Waals surface area (Å²) in [5.74, 6) is -1.15. The highest BCUT2D eigenvalue weighted by Gasteiger charge is 2.45. The Kier molecular flexibility index (Phi) is 4.04. The van der Waals surface area contributed by atoms with Gasteiger partial charge in [-0.2, -0.15) is 0 Å². The summed E-state index contributed by atoms with van der Waals surface area (Å²) in [5, 5.41) is 12.2. The van der Waals surface area contributed by atoms with Crippen LogP contribution in [0.25, 0.3) is 0 Å². The van der Waals surface area contributed by atoms with Gasteiger partial charge >= 0.3 is 5.97 Å². The highest BCUT2D eigenvalue weighted by Crippen LogP contribution is 2.38. The van der Waals surface area contributed by atoms with E-state index < -0.39 is 11.4 Å². The van der Waals surface area contributed by atoms with Crippen molar-refractivity contribution in [3.05, 3.63) is 28.2 Å². The van der Waals surface area contributed by atoms with Gasteiger partial charge in [0.2, 0.25) is 0 Å². The van der Waals surface area contributed by atoms with Crippen molar-refractivity contribution in [3.63, 3.8) is 0 Å². The van der Waals surface area contributed by atoms with E-state index >= 15 is 0 Å². The van der Waals surface area contributed by atoms with Gasteiger partial charge in [-0.15, -0.1) is 0 Å². The van der Waals surface area contributed by atoms with Crippen molar-refractivity contribution < 1.29 is 14.7 Å². The Morgan fingerprint density at radius 3 is 2.80 bits per heavy atom. The number of carbonyl (C=O) groups is 2. The zero-order chi connectivity index (χ0) is 14.9. The second-order valence-electron chi connectivity index (χ2n) is 5.38. The quantitative estimate of drug-likeness (QED) is 0.736. The molecule has 0 spiro atoms. The molecule has 0 saturated heterocycles. The average Bonchev–Trinajstić information content (AvgIpc) is 2.75. The SMILES string of the molecule is CC1(C(=O)O)CCCC1NC(=O)c1ccc(Br)c(N)c1. The number of amides is 1. The molecule has 0 aromatic heterocycles. The van der Waals surface area contributed by atoms with Crippen LogP contribution in [-0.2, 0) is 4.79 Å². The zero-order valence-corrected chi connectivity index (χ0v) is 12.7. The summed E-state index contributed by atoms with van der Waals surface area (Å²) in [6, 6.07) is 4.59. The van der Waals surface area contributed by atoms with Gasteiger partial charge < -0.3 is 16.2 Å². The number of benzene rings is 1. The summed E-state index contributed by atoms with van der Waals surface area (Å²) in [6.07, 6.45) is 2.06. The normalized spacial score (nSPS) is 25.4. The Morgan fingerprint density at radius 1 is 1.50 bits per heavy atom. The van der Waals surface area contributed by atoms with Crippen molar-refractivity contribution in [1.82, 2.24) is 5.32 Å². The first-order valence-electron chi connectivity index (χ1n) is 6.44. The number of carbonyl (C=O) groups excluding carboxylic acids is 1. The topological polar surface area (TPSA) is 92.4 Å². The summed E-state index contributed by atoms with van der Waals surface area (Å²) in [5.41, 5.74) is 5.77. The van der Waals surface area contributed by atoms with Crippen LogP contribution in [0.5, 0.6) is 0 Å². The minimum Gasteiger partial charge on any atom is -0.481 e. The van der Waals surface area contributed by atoms with Crippen LogP contribution in [0.2, 0.25) is 0 Å². The van der Waals surface area contributed by atoms with Crippen molar-refractivity contribution in [2.24, 2.45) is 5.41 Å². The number of nitrogens with one attached hydrogen (secondary N) is 1. The van der Waals surface area contributed by atoms with E-state index in [1.54, 1.807) is 25.1 Å². The van der Waals surface area contributed by atoms with Crippen LogP contribution in [0.1, 0.15) is 36.5 Å². The van der Waals surface area contributed by atoms with E-state index in [1.165, 1.54) is 0 Å². The standard InChI is InChI=1S/C14H17BrN2O3/c1-14(13(19)20)6-2-3-11(14)17-12(18)8-4-5-9(15)10(16)7-8/h4-5,7,11H,2-3,6,16H2,1H3,(H,17,18)(H,19,20). The molecular weight excluding hydrogens is 324 g/mol. The van der Waals surface area contributed by atoms with Crippen LogP contribution in [-0.4, -0.2) is 23.0 Å². The fourth-order valence-electron chi connectivity index (χ4n) is 2.58. The molecule has 4 N–H and O–H groups in total. The Bertz CT molecular complexity index is 561. The van der Waals surface area contributed by atoms with Crippen LogP contribution in [0.3, 0.4) is 0 Å². The van der Waals surface area contributed by atoms with Gasteiger partial charge in [0.25, 0.3) is 5.91 Å².